The number of anilines is 1. The van der Waals surface area contributed by atoms with Gasteiger partial charge in [0.1, 0.15) is 11.6 Å². The van der Waals surface area contributed by atoms with Crippen LogP contribution in [0.4, 0.5) is 5.69 Å². The number of carboxylic acid groups (broad SMARTS) is 1. The fraction of sp³-hybridized carbons (Fsp3) is 0.125. The molecule has 1 amide bonds. The minimum atomic E-state index is -0.982. The number of aromatic carboxylic acids is 1. The minimum Gasteiger partial charge on any atom is -0.478 e. The molecule has 0 unspecified atom stereocenters. The zero-order valence-electron chi connectivity index (χ0n) is 17.2. The highest BCUT2D eigenvalue weighted by Gasteiger charge is 2.16. The lowest BCUT2D eigenvalue weighted by atomic mass is 10.1. The molecule has 0 atom stereocenters. The Morgan fingerprint density at radius 3 is 2.35 bits per heavy atom. The normalized spacial score (nSPS) is 11.1. The molecule has 0 aliphatic heterocycles. The van der Waals surface area contributed by atoms with Crippen LogP contribution < -0.4 is 5.32 Å². The predicted molar refractivity (Wildman–Crippen MR) is 121 cm³/mol. The maximum absolute atomic E-state index is 12.6. The van der Waals surface area contributed by atoms with Gasteiger partial charge in [-0.05, 0) is 86.5 Å². The van der Waals surface area contributed by atoms with Crippen LogP contribution in [0.5, 0.6) is 0 Å². The van der Waals surface area contributed by atoms with Crippen LogP contribution in [-0.2, 0) is 4.79 Å². The van der Waals surface area contributed by atoms with Crippen molar-refractivity contribution in [3.05, 3.63) is 87.2 Å². The lowest BCUT2D eigenvalue weighted by molar-refractivity contribution is -0.112. The van der Waals surface area contributed by atoms with Crippen molar-refractivity contribution in [2.75, 3.05) is 5.32 Å². The zero-order chi connectivity index (χ0) is 22.7. The van der Waals surface area contributed by atoms with E-state index >= 15 is 0 Å². The van der Waals surface area contributed by atoms with Gasteiger partial charge in [-0.2, -0.15) is 5.26 Å². The van der Waals surface area contributed by atoms with Crippen LogP contribution in [0.3, 0.4) is 0 Å². The molecule has 156 valence electrons. The molecule has 3 aromatic rings. The van der Waals surface area contributed by atoms with Gasteiger partial charge >= 0.3 is 5.97 Å². The number of rotatable bonds is 5. The molecule has 7 heteroatoms. The number of amides is 1. The van der Waals surface area contributed by atoms with E-state index in [2.05, 4.69) is 5.32 Å². The van der Waals surface area contributed by atoms with Crippen LogP contribution in [0.25, 0.3) is 11.8 Å². The van der Waals surface area contributed by atoms with Crippen molar-refractivity contribution in [2.24, 2.45) is 0 Å². The molecule has 2 aromatic carbocycles. The Kier molecular flexibility index (Phi) is 6.28. The quantitative estimate of drug-likeness (QED) is 0.421. The number of nitriles is 1. The average Bonchev–Trinajstić information content (AvgIpc) is 3.00. The molecule has 1 aromatic heterocycles. The van der Waals surface area contributed by atoms with Gasteiger partial charge in [-0.15, -0.1) is 0 Å². The third-order valence-corrected chi connectivity index (χ3v) is 5.17. The first kappa shape index (κ1) is 21.9. The summed E-state index contributed by atoms with van der Waals surface area (Å²) in [6.45, 7) is 5.64. The van der Waals surface area contributed by atoms with Crippen molar-refractivity contribution >= 4 is 35.2 Å². The van der Waals surface area contributed by atoms with Crippen molar-refractivity contribution < 1.29 is 14.7 Å². The summed E-state index contributed by atoms with van der Waals surface area (Å²) < 4.78 is 1.97. The highest BCUT2D eigenvalue weighted by molar-refractivity contribution is 6.30. The molecular weight excluding hydrogens is 414 g/mol. The summed E-state index contributed by atoms with van der Waals surface area (Å²) in [6.07, 6.45) is 1.55. The maximum Gasteiger partial charge on any atom is 0.335 e. The van der Waals surface area contributed by atoms with Gasteiger partial charge in [0.15, 0.2) is 0 Å². The number of nitrogens with zero attached hydrogens (tertiary/aromatic N) is 2. The molecule has 0 spiro atoms. The van der Waals surface area contributed by atoms with Crippen LogP contribution in [0.2, 0.25) is 5.02 Å². The number of hydrogen-bond donors (Lipinski definition) is 2. The zero-order valence-corrected chi connectivity index (χ0v) is 18.0. The standard InChI is InChI=1S/C24H20ClN3O3/c1-14-10-17(24(30)31)4-9-22(14)28-15(2)11-18(16(28)3)12-19(13-26)23(29)27-21-7-5-20(25)6-8-21/h4-12H,1-3H3,(H,27,29)(H,30,31). The molecule has 0 radical (unpaired) electrons. The third-order valence-electron chi connectivity index (χ3n) is 4.92. The molecule has 0 aliphatic rings. The Hall–Kier alpha value is -3.82. The van der Waals surface area contributed by atoms with Gasteiger partial charge in [0, 0.05) is 27.8 Å². The Labute approximate surface area is 185 Å². The Balaban J connectivity index is 1.95. The molecule has 0 fully saturated rings. The first-order valence-electron chi connectivity index (χ1n) is 9.43. The average molecular weight is 434 g/mol. The number of aryl methyl sites for hydroxylation is 2. The van der Waals surface area contributed by atoms with E-state index in [0.717, 1.165) is 28.2 Å². The first-order chi connectivity index (χ1) is 14.7. The summed E-state index contributed by atoms with van der Waals surface area (Å²) >= 11 is 5.86. The van der Waals surface area contributed by atoms with E-state index in [1.807, 2.05) is 37.5 Å². The Morgan fingerprint density at radius 2 is 1.77 bits per heavy atom. The first-order valence-corrected chi connectivity index (χ1v) is 9.81. The van der Waals surface area contributed by atoms with Crippen LogP contribution in [0, 0.1) is 32.1 Å². The van der Waals surface area contributed by atoms with Crippen LogP contribution in [0.1, 0.15) is 32.9 Å². The number of carboxylic acids is 1. The summed E-state index contributed by atoms with van der Waals surface area (Å²) in [6, 6.07) is 15.4. The van der Waals surface area contributed by atoms with E-state index in [9.17, 15) is 20.0 Å². The summed E-state index contributed by atoms with van der Waals surface area (Å²) in [5.74, 6) is -1.50. The van der Waals surface area contributed by atoms with Crippen LogP contribution >= 0.6 is 11.6 Å². The van der Waals surface area contributed by atoms with Gasteiger partial charge in [0.2, 0.25) is 0 Å². The fourth-order valence-corrected chi connectivity index (χ4v) is 3.51. The molecule has 0 aliphatic carbocycles. The summed E-state index contributed by atoms with van der Waals surface area (Å²) in [5.41, 5.74) is 4.81. The van der Waals surface area contributed by atoms with Gasteiger partial charge in [0.25, 0.3) is 5.91 Å². The van der Waals surface area contributed by atoms with Crippen molar-refractivity contribution in [3.8, 4) is 11.8 Å². The van der Waals surface area contributed by atoms with Crippen LogP contribution in [0.15, 0.2) is 54.1 Å². The summed E-state index contributed by atoms with van der Waals surface area (Å²) in [7, 11) is 0. The second-order valence-electron chi connectivity index (χ2n) is 7.10. The topological polar surface area (TPSA) is 95.1 Å². The highest BCUT2D eigenvalue weighted by atomic mass is 35.5. The molecule has 31 heavy (non-hydrogen) atoms. The SMILES string of the molecule is Cc1cc(C(=O)O)ccc1-n1c(C)cc(C=C(C#N)C(=O)Nc2ccc(Cl)cc2)c1C. The van der Waals surface area contributed by atoms with Crippen molar-refractivity contribution in [2.45, 2.75) is 20.8 Å². The van der Waals surface area contributed by atoms with E-state index in [4.69, 9.17) is 11.6 Å². The number of carbonyl (C=O) groups excluding carboxylic acids is 1. The summed E-state index contributed by atoms with van der Waals surface area (Å²) in [4.78, 5) is 23.8. The number of aromatic nitrogens is 1. The van der Waals surface area contributed by atoms with Crippen molar-refractivity contribution in [1.29, 1.82) is 5.26 Å². The van der Waals surface area contributed by atoms with Gasteiger partial charge in [-0.25, -0.2) is 4.79 Å². The number of hydrogen-bond acceptors (Lipinski definition) is 3. The predicted octanol–water partition coefficient (Wildman–Crippen LogP) is 5.30. The number of nitrogens with one attached hydrogen (secondary N) is 1. The van der Waals surface area contributed by atoms with E-state index in [1.54, 1.807) is 48.5 Å². The highest BCUT2D eigenvalue weighted by Crippen LogP contribution is 2.26. The maximum atomic E-state index is 12.6. The second-order valence-corrected chi connectivity index (χ2v) is 7.54. The lowest BCUT2D eigenvalue weighted by Crippen LogP contribution is -2.13. The minimum absolute atomic E-state index is 0.0341. The fourth-order valence-electron chi connectivity index (χ4n) is 3.38. The molecular formula is C24H20ClN3O3. The molecule has 3 rings (SSSR count). The number of halogens is 1. The number of benzene rings is 2. The third kappa shape index (κ3) is 4.68. The smallest absolute Gasteiger partial charge is 0.335 e. The van der Waals surface area contributed by atoms with Gasteiger partial charge in [-0.1, -0.05) is 11.6 Å². The van der Waals surface area contributed by atoms with E-state index in [-0.39, 0.29) is 11.1 Å². The van der Waals surface area contributed by atoms with Gasteiger partial charge < -0.3 is 15.0 Å². The Morgan fingerprint density at radius 1 is 1.10 bits per heavy atom. The number of carbonyl (C=O) groups is 2. The van der Waals surface area contributed by atoms with E-state index < -0.39 is 11.9 Å². The molecule has 0 bridgehead atoms. The Bertz CT molecular complexity index is 1250. The van der Waals surface area contributed by atoms with Crippen LogP contribution in [-0.4, -0.2) is 21.6 Å². The van der Waals surface area contributed by atoms with E-state index in [1.165, 1.54) is 0 Å². The van der Waals surface area contributed by atoms with E-state index in [0.29, 0.717) is 10.7 Å². The monoisotopic (exact) mass is 433 g/mol. The molecule has 0 saturated carbocycles. The molecule has 1 heterocycles. The van der Waals surface area contributed by atoms with Gasteiger partial charge in [-0.3, -0.25) is 4.79 Å². The second kappa shape index (κ2) is 8.90. The van der Waals surface area contributed by atoms with Gasteiger partial charge in [0.05, 0.1) is 5.56 Å². The lowest BCUT2D eigenvalue weighted by Gasteiger charge is -2.13. The molecule has 0 saturated heterocycles. The summed E-state index contributed by atoms with van der Waals surface area (Å²) in [5, 5.41) is 22.0. The van der Waals surface area contributed by atoms with Crippen molar-refractivity contribution in [1.82, 2.24) is 4.57 Å². The molecule has 2 N–H and O–H groups in total. The molecule has 6 nitrogen and oxygen atoms in total. The van der Waals surface area contributed by atoms with Crippen molar-refractivity contribution in [3.63, 3.8) is 0 Å². The largest absolute Gasteiger partial charge is 0.478 e.